The highest BCUT2D eigenvalue weighted by atomic mass is 16.5. The van der Waals surface area contributed by atoms with E-state index in [2.05, 4.69) is 10.3 Å². The van der Waals surface area contributed by atoms with Crippen molar-refractivity contribution in [3.05, 3.63) is 58.6 Å². The van der Waals surface area contributed by atoms with E-state index in [4.69, 9.17) is 9.15 Å². The van der Waals surface area contributed by atoms with Crippen molar-refractivity contribution >= 4 is 22.7 Å². The summed E-state index contributed by atoms with van der Waals surface area (Å²) in [5, 5.41) is 2.78. The van der Waals surface area contributed by atoms with Crippen LogP contribution >= 0.6 is 0 Å². The molecule has 0 spiro atoms. The summed E-state index contributed by atoms with van der Waals surface area (Å²) in [7, 11) is 1.59. The van der Waals surface area contributed by atoms with Gasteiger partial charge in [-0.15, -0.1) is 0 Å². The molecule has 22 heavy (non-hydrogen) atoms. The number of methoxy groups -OCH3 is 1. The normalized spacial score (nSPS) is 10.6. The molecule has 0 aliphatic carbocycles. The molecule has 1 aromatic heterocycles. The lowest BCUT2D eigenvalue weighted by Crippen LogP contribution is -2.14. The number of H-pyrrole nitrogens is 1. The van der Waals surface area contributed by atoms with Gasteiger partial charge in [0.05, 0.1) is 19.2 Å². The quantitative estimate of drug-likeness (QED) is 0.774. The number of anilines is 1. The van der Waals surface area contributed by atoms with Crippen molar-refractivity contribution < 1.29 is 13.9 Å². The average Bonchev–Trinajstić information content (AvgIpc) is 2.89. The van der Waals surface area contributed by atoms with E-state index in [0.29, 0.717) is 16.8 Å². The van der Waals surface area contributed by atoms with Gasteiger partial charge in [0, 0.05) is 0 Å². The van der Waals surface area contributed by atoms with Gasteiger partial charge in [-0.3, -0.25) is 9.78 Å². The zero-order valence-electron chi connectivity index (χ0n) is 11.9. The number of benzene rings is 2. The SMILES string of the molecule is COc1ccc(CC(=O)Nc2cccc3oc(=O)[nH]c23)cc1. The maximum Gasteiger partial charge on any atom is 0.417 e. The zero-order chi connectivity index (χ0) is 15.5. The largest absolute Gasteiger partial charge is 0.497 e. The zero-order valence-corrected chi connectivity index (χ0v) is 11.9. The Kier molecular flexibility index (Phi) is 3.65. The number of para-hydroxylation sites is 1. The molecular weight excluding hydrogens is 284 g/mol. The third kappa shape index (κ3) is 2.85. The Morgan fingerprint density at radius 2 is 2.00 bits per heavy atom. The highest BCUT2D eigenvalue weighted by Crippen LogP contribution is 2.20. The van der Waals surface area contributed by atoms with E-state index < -0.39 is 5.76 Å². The Balaban J connectivity index is 1.76. The van der Waals surface area contributed by atoms with Gasteiger partial charge in [-0.05, 0) is 29.8 Å². The van der Waals surface area contributed by atoms with Crippen LogP contribution in [0.15, 0.2) is 51.7 Å². The van der Waals surface area contributed by atoms with Gasteiger partial charge in [0.1, 0.15) is 11.3 Å². The Labute approximate surface area is 125 Å². The number of fused-ring (bicyclic) bond motifs is 1. The Hall–Kier alpha value is -3.02. The highest BCUT2D eigenvalue weighted by Gasteiger charge is 2.10. The van der Waals surface area contributed by atoms with Crippen molar-refractivity contribution in [1.29, 1.82) is 0 Å². The molecule has 112 valence electrons. The van der Waals surface area contributed by atoms with Gasteiger partial charge in [0.25, 0.3) is 0 Å². The molecule has 0 fully saturated rings. The maximum absolute atomic E-state index is 12.1. The van der Waals surface area contributed by atoms with E-state index in [0.717, 1.165) is 11.3 Å². The first kappa shape index (κ1) is 13.9. The van der Waals surface area contributed by atoms with Crippen LogP contribution in [0.4, 0.5) is 5.69 Å². The van der Waals surface area contributed by atoms with Gasteiger partial charge in [-0.25, -0.2) is 4.79 Å². The van der Waals surface area contributed by atoms with Crippen molar-refractivity contribution in [2.45, 2.75) is 6.42 Å². The molecule has 2 N–H and O–H groups in total. The number of hydrogen-bond acceptors (Lipinski definition) is 4. The third-order valence-electron chi connectivity index (χ3n) is 3.25. The second-order valence-corrected chi connectivity index (χ2v) is 4.77. The molecule has 0 radical (unpaired) electrons. The lowest BCUT2D eigenvalue weighted by Gasteiger charge is -2.06. The topological polar surface area (TPSA) is 84.3 Å². The van der Waals surface area contributed by atoms with E-state index in [-0.39, 0.29) is 12.3 Å². The first-order valence-corrected chi connectivity index (χ1v) is 6.70. The number of rotatable bonds is 4. The molecule has 0 aliphatic heterocycles. The molecule has 6 heteroatoms. The first-order valence-electron chi connectivity index (χ1n) is 6.70. The Morgan fingerprint density at radius 1 is 1.23 bits per heavy atom. The van der Waals surface area contributed by atoms with E-state index in [1.165, 1.54) is 0 Å². The van der Waals surface area contributed by atoms with Crippen LogP contribution in [0.25, 0.3) is 11.1 Å². The van der Waals surface area contributed by atoms with E-state index in [1.807, 2.05) is 12.1 Å². The summed E-state index contributed by atoms with van der Waals surface area (Å²) in [6.07, 6.45) is 0.225. The van der Waals surface area contributed by atoms with Crippen molar-refractivity contribution in [2.24, 2.45) is 0 Å². The molecular formula is C16H14N2O4. The summed E-state index contributed by atoms with van der Waals surface area (Å²) in [4.78, 5) is 25.9. The number of hydrogen-bond donors (Lipinski definition) is 2. The molecule has 0 saturated heterocycles. The van der Waals surface area contributed by atoms with E-state index in [9.17, 15) is 9.59 Å². The minimum atomic E-state index is -0.549. The van der Waals surface area contributed by atoms with Crippen LogP contribution < -0.4 is 15.8 Å². The van der Waals surface area contributed by atoms with Crippen LogP contribution in [0.5, 0.6) is 5.75 Å². The highest BCUT2D eigenvalue weighted by molar-refractivity contribution is 5.99. The van der Waals surface area contributed by atoms with Crippen molar-refractivity contribution in [2.75, 3.05) is 12.4 Å². The summed E-state index contributed by atoms with van der Waals surface area (Å²) >= 11 is 0. The van der Waals surface area contributed by atoms with E-state index >= 15 is 0 Å². The number of carbonyl (C=O) groups excluding carboxylic acids is 1. The van der Waals surface area contributed by atoms with Crippen LogP contribution in [0, 0.1) is 0 Å². The Bertz CT molecular complexity index is 862. The second kappa shape index (κ2) is 5.77. The number of nitrogens with one attached hydrogen (secondary N) is 2. The number of oxazole rings is 1. The molecule has 0 saturated carbocycles. The summed E-state index contributed by atoms with van der Waals surface area (Å²) < 4.78 is 10.0. The average molecular weight is 298 g/mol. The lowest BCUT2D eigenvalue weighted by atomic mass is 10.1. The predicted octanol–water partition coefficient (Wildman–Crippen LogP) is 2.31. The van der Waals surface area contributed by atoms with Crippen LogP contribution in [0.3, 0.4) is 0 Å². The number of aromatic nitrogens is 1. The molecule has 3 aromatic rings. The monoisotopic (exact) mass is 298 g/mol. The molecule has 0 aliphatic rings. The minimum Gasteiger partial charge on any atom is -0.497 e. The van der Waals surface area contributed by atoms with Gasteiger partial charge in [-0.2, -0.15) is 0 Å². The fraction of sp³-hybridized carbons (Fsp3) is 0.125. The fourth-order valence-electron chi connectivity index (χ4n) is 2.20. The summed E-state index contributed by atoms with van der Waals surface area (Å²) in [6.45, 7) is 0. The minimum absolute atomic E-state index is 0.181. The summed E-state index contributed by atoms with van der Waals surface area (Å²) in [6, 6.07) is 12.3. The molecule has 0 unspecified atom stereocenters. The van der Waals surface area contributed by atoms with Crippen LogP contribution in [0.2, 0.25) is 0 Å². The first-order chi connectivity index (χ1) is 10.7. The molecule has 3 rings (SSSR count). The molecule has 1 amide bonds. The number of aromatic amines is 1. The van der Waals surface area contributed by atoms with Crippen LogP contribution in [0.1, 0.15) is 5.56 Å². The van der Waals surface area contributed by atoms with Crippen molar-refractivity contribution in [3.8, 4) is 5.75 Å². The maximum atomic E-state index is 12.1. The summed E-state index contributed by atoms with van der Waals surface area (Å²) in [5.74, 6) is 0.0106. The van der Waals surface area contributed by atoms with Gasteiger partial charge in [-0.1, -0.05) is 18.2 Å². The van der Waals surface area contributed by atoms with Crippen molar-refractivity contribution in [1.82, 2.24) is 4.98 Å². The molecule has 0 bridgehead atoms. The van der Waals surface area contributed by atoms with Gasteiger partial charge in [0.15, 0.2) is 5.58 Å². The molecule has 0 atom stereocenters. The second-order valence-electron chi connectivity index (χ2n) is 4.77. The summed E-state index contributed by atoms with van der Waals surface area (Å²) in [5.41, 5.74) is 2.27. The predicted molar refractivity (Wildman–Crippen MR) is 82.2 cm³/mol. The van der Waals surface area contributed by atoms with Crippen LogP contribution in [-0.4, -0.2) is 18.0 Å². The van der Waals surface area contributed by atoms with E-state index in [1.54, 1.807) is 37.4 Å². The molecule has 6 nitrogen and oxygen atoms in total. The lowest BCUT2D eigenvalue weighted by molar-refractivity contribution is -0.115. The smallest absolute Gasteiger partial charge is 0.417 e. The van der Waals surface area contributed by atoms with Gasteiger partial charge in [0.2, 0.25) is 5.91 Å². The number of carbonyl (C=O) groups is 1. The third-order valence-corrected chi connectivity index (χ3v) is 3.25. The standard InChI is InChI=1S/C16H14N2O4/c1-21-11-7-5-10(6-8-11)9-14(19)17-12-3-2-4-13-15(12)18-16(20)22-13/h2-8H,9H2,1H3,(H,17,19)(H,18,20). The van der Waals surface area contributed by atoms with Crippen LogP contribution in [-0.2, 0) is 11.2 Å². The molecule has 2 aromatic carbocycles. The van der Waals surface area contributed by atoms with Gasteiger partial charge < -0.3 is 14.5 Å². The molecule has 1 heterocycles. The number of ether oxygens (including phenoxy) is 1. The van der Waals surface area contributed by atoms with Gasteiger partial charge >= 0.3 is 5.76 Å². The Morgan fingerprint density at radius 3 is 2.73 bits per heavy atom. The van der Waals surface area contributed by atoms with Crippen molar-refractivity contribution in [3.63, 3.8) is 0 Å². The number of amides is 1. The fourth-order valence-corrected chi connectivity index (χ4v) is 2.20.